The van der Waals surface area contributed by atoms with Gasteiger partial charge in [0.05, 0.1) is 23.6 Å². The summed E-state index contributed by atoms with van der Waals surface area (Å²) in [7, 11) is -3.07. The van der Waals surface area contributed by atoms with Crippen molar-refractivity contribution in [3.8, 4) is 0 Å². The fourth-order valence-corrected chi connectivity index (χ4v) is 6.39. The second kappa shape index (κ2) is 5.81. The molecule has 2 heterocycles. The summed E-state index contributed by atoms with van der Waals surface area (Å²) >= 11 is 5.80. The van der Waals surface area contributed by atoms with Crippen LogP contribution < -0.4 is 9.80 Å². The fourth-order valence-electron chi connectivity index (χ4n) is 3.99. The van der Waals surface area contributed by atoms with Crippen molar-refractivity contribution in [3.63, 3.8) is 0 Å². The van der Waals surface area contributed by atoms with Crippen LogP contribution >= 0.6 is 12.2 Å². The van der Waals surface area contributed by atoms with Gasteiger partial charge in [0.2, 0.25) is 0 Å². The molecule has 2 aliphatic rings. The number of hydrogen-bond donors (Lipinski definition) is 0. The molecular weight excluding hydrogens is 352 g/mol. The predicted octanol–water partition coefficient (Wildman–Crippen LogP) is 3.08. The first-order chi connectivity index (χ1) is 11.9. The van der Waals surface area contributed by atoms with Gasteiger partial charge in [-0.15, -0.1) is 0 Å². The molecule has 0 aromatic heterocycles. The lowest BCUT2D eigenvalue weighted by molar-refractivity contribution is 0.601. The Morgan fingerprint density at radius 1 is 0.880 bits per heavy atom. The number of rotatable bonds is 2. The first kappa shape index (κ1) is 16.5. The third kappa shape index (κ3) is 2.83. The van der Waals surface area contributed by atoms with Gasteiger partial charge in [-0.3, -0.25) is 0 Å². The van der Waals surface area contributed by atoms with Crippen LogP contribution in [0.1, 0.15) is 11.1 Å². The van der Waals surface area contributed by atoms with E-state index in [2.05, 4.69) is 18.2 Å². The molecule has 0 N–H and O–H groups in total. The minimum Gasteiger partial charge on any atom is -0.312 e. The first-order valence-electron chi connectivity index (χ1n) is 8.32. The van der Waals surface area contributed by atoms with Crippen LogP contribution in [0, 0.1) is 13.8 Å². The molecular formula is C19H20N2O2S2. The zero-order valence-electron chi connectivity index (χ0n) is 14.2. The van der Waals surface area contributed by atoms with Crippen LogP contribution in [0.5, 0.6) is 0 Å². The molecule has 0 saturated carbocycles. The molecule has 2 aromatic rings. The minimum atomic E-state index is -3.07. The molecule has 2 aliphatic heterocycles. The molecule has 0 bridgehead atoms. The van der Waals surface area contributed by atoms with Gasteiger partial charge in [-0.1, -0.05) is 24.3 Å². The Hall–Kier alpha value is -1.92. The van der Waals surface area contributed by atoms with Crippen LogP contribution in [-0.2, 0) is 9.84 Å². The van der Waals surface area contributed by atoms with Crippen molar-refractivity contribution in [2.45, 2.75) is 25.9 Å². The summed E-state index contributed by atoms with van der Waals surface area (Å²) in [5, 5.41) is 0.682. The number of fused-ring (bicyclic) bond motifs is 1. The highest BCUT2D eigenvalue weighted by molar-refractivity contribution is 7.91. The molecule has 4 nitrogen and oxygen atoms in total. The third-order valence-corrected chi connectivity index (χ3v) is 6.98. The number of anilines is 2. The summed E-state index contributed by atoms with van der Waals surface area (Å²) in [6, 6.07) is 15.8. The van der Waals surface area contributed by atoms with Crippen molar-refractivity contribution in [3.05, 3.63) is 59.7 Å². The highest BCUT2D eigenvalue weighted by Gasteiger charge is 2.52. The van der Waals surface area contributed by atoms with Gasteiger partial charge in [0.1, 0.15) is 0 Å². The van der Waals surface area contributed by atoms with Gasteiger partial charge in [0.25, 0.3) is 0 Å². The van der Waals surface area contributed by atoms with Crippen molar-refractivity contribution in [1.29, 1.82) is 0 Å². The molecule has 2 saturated heterocycles. The quantitative estimate of drug-likeness (QED) is 0.758. The van der Waals surface area contributed by atoms with E-state index in [1.807, 2.05) is 54.0 Å². The highest BCUT2D eigenvalue weighted by Crippen LogP contribution is 2.38. The normalized spacial score (nSPS) is 24.6. The fraction of sp³-hybridized carbons (Fsp3) is 0.316. The van der Waals surface area contributed by atoms with Crippen molar-refractivity contribution < 1.29 is 8.42 Å². The van der Waals surface area contributed by atoms with Gasteiger partial charge in [0.15, 0.2) is 14.9 Å². The second-order valence-corrected chi connectivity index (χ2v) is 9.43. The Bertz CT molecular complexity index is 921. The van der Waals surface area contributed by atoms with Crippen molar-refractivity contribution in [2.24, 2.45) is 0 Å². The van der Waals surface area contributed by atoms with Crippen molar-refractivity contribution in [2.75, 3.05) is 21.3 Å². The lowest BCUT2D eigenvalue weighted by Crippen LogP contribution is -2.37. The highest BCUT2D eigenvalue weighted by atomic mass is 32.2. The van der Waals surface area contributed by atoms with Crippen LogP contribution in [0.3, 0.4) is 0 Å². The Balaban J connectivity index is 1.83. The molecule has 130 valence electrons. The Morgan fingerprint density at radius 3 is 1.96 bits per heavy atom. The molecule has 0 radical (unpaired) electrons. The Labute approximate surface area is 154 Å². The van der Waals surface area contributed by atoms with Crippen molar-refractivity contribution >= 4 is 38.5 Å². The maximum atomic E-state index is 12.3. The predicted molar refractivity (Wildman–Crippen MR) is 106 cm³/mol. The molecule has 6 heteroatoms. The summed E-state index contributed by atoms with van der Waals surface area (Å²) in [6.07, 6.45) is 0. The largest absolute Gasteiger partial charge is 0.312 e. The Kier molecular flexibility index (Phi) is 3.85. The van der Waals surface area contributed by atoms with E-state index in [-0.39, 0.29) is 23.6 Å². The summed E-state index contributed by atoms with van der Waals surface area (Å²) in [6.45, 7) is 4.10. The van der Waals surface area contributed by atoms with E-state index in [9.17, 15) is 8.42 Å². The van der Waals surface area contributed by atoms with Gasteiger partial charge >= 0.3 is 0 Å². The Morgan fingerprint density at radius 2 is 1.40 bits per heavy atom. The molecule has 0 aliphatic carbocycles. The SMILES string of the molecule is Cc1cc(C)cc(N2C(=S)N(c3ccccc3)[C@@H]3CS(=O)(=O)C[C@H]32)c1. The third-order valence-electron chi connectivity index (χ3n) is 4.89. The number of nitrogens with zero attached hydrogens (tertiary/aromatic N) is 2. The van der Waals surface area contributed by atoms with E-state index in [1.54, 1.807) is 0 Å². The van der Waals surface area contributed by atoms with Gasteiger partial charge in [-0.05, 0) is 61.5 Å². The average Bonchev–Trinajstić information content (AvgIpc) is 2.95. The van der Waals surface area contributed by atoms with Crippen LogP contribution in [0.4, 0.5) is 11.4 Å². The number of aryl methyl sites for hydroxylation is 2. The van der Waals surface area contributed by atoms with Gasteiger partial charge < -0.3 is 9.80 Å². The number of hydrogen-bond acceptors (Lipinski definition) is 3. The van der Waals surface area contributed by atoms with E-state index >= 15 is 0 Å². The van der Waals surface area contributed by atoms with Gasteiger partial charge in [-0.25, -0.2) is 8.42 Å². The zero-order valence-corrected chi connectivity index (χ0v) is 15.8. The number of para-hydroxylation sites is 1. The summed E-state index contributed by atoms with van der Waals surface area (Å²) in [5.41, 5.74) is 4.22. The van der Waals surface area contributed by atoms with E-state index < -0.39 is 9.84 Å². The smallest absolute Gasteiger partial charge is 0.181 e. The van der Waals surface area contributed by atoms with E-state index in [1.165, 1.54) is 0 Å². The maximum Gasteiger partial charge on any atom is 0.181 e. The molecule has 25 heavy (non-hydrogen) atoms. The van der Waals surface area contributed by atoms with Crippen LogP contribution in [0.2, 0.25) is 0 Å². The molecule has 2 atom stereocenters. The molecule has 0 unspecified atom stereocenters. The minimum absolute atomic E-state index is 0.138. The summed E-state index contributed by atoms with van der Waals surface area (Å²) in [5.74, 6) is 0.294. The zero-order chi connectivity index (χ0) is 17.8. The van der Waals surface area contributed by atoms with Gasteiger partial charge in [-0.2, -0.15) is 0 Å². The molecule has 2 aromatic carbocycles. The monoisotopic (exact) mass is 372 g/mol. The topological polar surface area (TPSA) is 40.6 Å². The lowest BCUT2D eigenvalue weighted by atomic mass is 10.1. The molecule has 4 rings (SSSR count). The second-order valence-electron chi connectivity index (χ2n) is 6.92. The maximum absolute atomic E-state index is 12.3. The van der Waals surface area contributed by atoms with E-state index in [0.717, 1.165) is 22.5 Å². The van der Waals surface area contributed by atoms with Gasteiger partial charge in [0, 0.05) is 11.4 Å². The number of thiocarbonyl (C=S) groups is 1. The molecule has 2 fully saturated rings. The molecule has 0 spiro atoms. The van der Waals surface area contributed by atoms with Crippen molar-refractivity contribution in [1.82, 2.24) is 0 Å². The summed E-state index contributed by atoms with van der Waals surface area (Å²) in [4.78, 5) is 4.06. The van der Waals surface area contributed by atoms with Crippen LogP contribution in [0.15, 0.2) is 48.5 Å². The molecule has 0 amide bonds. The standard InChI is InChI=1S/C19H20N2O2S2/c1-13-8-14(2)10-16(9-13)21-18-12-25(22,23)11-17(18)20(19(21)24)15-6-4-3-5-7-15/h3-10,17-18H,11-12H2,1-2H3/t17-,18-/m1/s1. The average molecular weight is 373 g/mol. The van der Waals surface area contributed by atoms with Crippen LogP contribution in [0.25, 0.3) is 0 Å². The lowest BCUT2D eigenvalue weighted by Gasteiger charge is -2.26. The van der Waals surface area contributed by atoms with Crippen LogP contribution in [-0.4, -0.2) is 37.1 Å². The number of sulfone groups is 1. The van der Waals surface area contributed by atoms with E-state index in [4.69, 9.17) is 12.2 Å². The number of benzene rings is 2. The first-order valence-corrected chi connectivity index (χ1v) is 10.5. The summed E-state index contributed by atoms with van der Waals surface area (Å²) < 4.78 is 24.7. The van der Waals surface area contributed by atoms with E-state index in [0.29, 0.717) is 5.11 Å².